The molecule has 0 amide bonds. The number of hydrogen-bond donors (Lipinski definition) is 2. The van der Waals surface area contributed by atoms with Crippen molar-refractivity contribution in [3.8, 4) is 29.1 Å². The number of hydrogen-bond acceptors (Lipinski definition) is 8. The van der Waals surface area contributed by atoms with Gasteiger partial charge in [-0.25, -0.2) is 4.99 Å². The summed E-state index contributed by atoms with van der Waals surface area (Å²) in [5, 5.41) is 29.3. The summed E-state index contributed by atoms with van der Waals surface area (Å²) in [5.74, 6) is 0.512. The molecule has 1 aliphatic heterocycles. The first-order valence-electron chi connectivity index (χ1n) is 11.0. The Bertz CT molecular complexity index is 1330. The van der Waals surface area contributed by atoms with Crippen molar-refractivity contribution < 1.29 is 14.6 Å². The maximum absolute atomic E-state index is 9.94. The largest absolute Gasteiger partial charge is 0.475 e. The fourth-order valence-electron chi connectivity index (χ4n) is 3.74. The third-order valence-electron chi connectivity index (χ3n) is 5.50. The fourth-order valence-corrected chi connectivity index (χ4v) is 3.86. The van der Waals surface area contributed by atoms with Gasteiger partial charge in [-0.05, 0) is 48.2 Å². The second kappa shape index (κ2) is 10.9. The molecule has 2 aromatic carbocycles. The Hall–Kier alpha value is -4.11. The Morgan fingerprint density at radius 3 is 2.40 bits per heavy atom. The van der Waals surface area contributed by atoms with E-state index < -0.39 is 0 Å². The van der Waals surface area contributed by atoms with Gasteiger partial charge < -0.3 is 20.3 Å². The zero-order chi connectivity index (χ0) is 24.8. The smallest absolute Gasteiger partial charge is 0.234 e. The molecule has 1 aromatic heterocycles. The number of aryl methyl sites for hydroxylation is 1. The highest BCUT2D eigenvalue weighted by Gasteiger charge is 2.24. The van der Waals surface area contributed by atoms with Gasteiger partial charge in [0.15, 0.2) is 0 Å². The third kappa shape index (κ3) is 5.36. The molecule has 3 aromatic rings. The SMILES string of the molecule is N#Cc1c(N)nc(OCC2COC(c3ccc(Cl)cc3)=N2)c(C#N)c1-c1ccc(CCCO)cc1. The number of pyridine rings is 1. The number of anilines is 1. The van der Waals surface area contributed by atoms with Crippen LogP contribution in [0.2, 0.25) is 5.02 Å². The van der Waals surface area contributed by atoms with Crippen molar-refractivity contribution >= 4 is 23.3 Å². The molecule has 1 aliphatic rings. The van der Waals surface area contributed by atoms with Gasteiger partial charge in [0.05, 0.1) is 0 Å². The summed E-state index contributed by atoms with van der Waals surface area (Å²) in [4.78, 5) is 8.73. The van der Waals surface area contributed by atoms with Gasteiger partial charge in [0.2, 0.25) is 11.8 Å². The number of nitriles is 2. The molecule has 3 N–H and O–H groups in total. The van der Waals surface area contributed by atoms with Gasteiger partial charge in [-0.2, -0.15) is 15.5 Å². The Morgan fingerprint density at radius 2 is 1.74 bits per heavy atom. The van der Waals surface area contributed by atoms with E-state index in [0.29, 0.717) is 35.1 Å². The maximum atomic E-state index is 9.94. The first kappa shape index (κ1) is 24.0. The minimum Gasteiger partial charge on any atom is -0.475 e. The molecule has 8 nitrogen and oxygen atoms in total. The molecule has 0 saturated carbocycles. The Morgan fingerprint density at radius 1 is 1.06 bits per heavy atom. The van der Waals surface area contributed by atoms with E-state index in [1.54, 1.807) is 12.1 Å². The predicted octanol–water partition coefficient (Wildman–Crippen LogP) is 3.88. The molecule has 0 radical (unpaired) electrons. The second-order valence-electron chi connectivity index (χ2n) is 7.89. The number of halogens is 1. The van der Waals surface area contributed by atoms with E-state index in [0.717, 1.165) is 17.5 Å². The minimum absolute atomic E-state index is 0.0196. The molecule has 0 spiro atoms. The molecule has 0 fully saturated rings. The number of nitrogens with two attached hydrogens (primary N) is 1. The summed E-state index contributed by atoms with van der Waals surface area (Å²) in [7, 11) is 0. The molecule has 2 heterocycles. The molecule has 0 aliphatic carbocycles. The van der Waals surface area contributed by atoms with Crippen LogP contribution in [0.15, 0.2) is 53.5 Å². The number of aliphatic hydroxyl groups excluding tert-OH is 1. The molecular formula is C26H22ClN5O3. The first-order chi connectivity index (χ1) is 17.0. The monoisotopic (exact) mass is 487 g/mol. The lowest BCUT2D eigenvalue weighted by atomic mass is 9.95. The van der Waals surface area contributed by atoms with Crippen LogP contribution in [0.3, 0.4) is 0 Å². The lowest BCUT2D eigenvalue weighted by Crippen LogP contribution is -2.18. The second-order valence-corrected chi connectivity index (χ2v) is 8.33. The molecular weight excluding hydrogens is 466 g/mol. The van der Waals surface area contributed by atoms with Gasteiger partial charge in [0, 0.05) is 22.8 Å². The molecule has 0 saturated heterocycles. The number of ether oxygens (including phenoxy) is 2. The van der Waals surface area contributed by atoms with E-state index in [1.807, 2.05) is 36.4 Å². The van der Waals surface area contributed by atoms with Crippen LogP contribution in [0, 0.1) is 22.7 Å². The summed E-state index contributed by atoms with van der Waals surface area (Å²) in [6.07, 6.45) is 1.38. The number of aliphatic imine (C=N–C) groups is 1. The van der Waals surface area contributed by atoms with Crippen molar-refractivity contribution in [2.24, 2.45) is 4.99 Å². The van der Waals surface area contributed by atoms with Gasteiger partial charge in [0.1, 0.15) is 48.3 Å². The number of aromatic nitrogens is 1. The average molecular weight is 488 g/mol. The number of nitrogens with zero attached hydrogens (tertiary/aromatic N) is 4. The molecule has 4 rings (SSSR count). The fraction of sp³-hybridized carbons (Fsp3) is 0.231. The quantitative estimate of drug-likeness (QED) is 0.491. The zero-order valence-electron chi connectivity index (χ0n) is 18.7. The average Bonchev–Trinajstić information content (AvgIpc) is 3.35. The molecule has 9 heteroatoms. The van der Waals surface area contributed by atoms with Crippen LogP contribution in [0.4, 0.5) is 5.82 Å². The van der Waals surface area contributed by atoms with Gasteiger partial charge in [-0.3, -0.25) is 0 Å². The van der Waals surface area contributed by atoms with Crippen molar-refractivity contribution in [3.05, 3.63) is 75.8 Å². The van der Waals surface area contributed by atoms with E-state index in [1.165, 1.54) is 0 Å². The molecule has 1 atom stereocenters. The van der Waals surface area contributed by atoms with Crippen molar-refractivity contribution in [1.29, 1.82) is 10.5 Å². The van der Waals surface area contributed by atoms with Gasteiger partial charge >= 0.3 is 0 Å². The summed E-state index contributed by atoms with van der Waals surface area (Å²) in [6, 6.07) is 18.5. The number of benzene rings is 2. The van der Waals surface area contributed by atoms with Crippen molar-refractivity contribution in [1.82, 2.24) is 4.98 Å². The molecule has 35 heavy (non-hydrogen) atoms. The van der Waals surface area contributed by atoms with Crippen molar-refractivity contribution in [2.45, 2.75) is 18.9 Å². The number of nitrogen functional groups attached to an aromatic ring is 1. The Kier molecular flexibility index (Phi) is 7.47. The lowest BCUT2D eigenvalue weighted by molar-refractivity contribution is 0.237. The highest BCUT2D eigenvalue weighted by Crippen LogP contribution is 2.35. The highest BCUT2D eigenvalue weighted by atomic mass is 35.5. The van der Waals surface area contributed by atoms with E-state index in [2.05, 4.69) is 22.1 Å². The summed E-state index contributed by atoms with van der Waals surface area (Å²) in [6.45, 7) is 0.537. The summed E-state index contributed by atoms with van der Waals surface area (Å²) in [5.41, 5.74) is 9.18. The van der Waals surface area contributed by atoms with E-state index in [-0.39, 0.29) is 42.1 Å². The van der Waals surface area contributed by atoms with Crippen LogP contribution in [-0.4, -0.2) is 41.9 Å². The summed E-state index contributed by atoms with van der Waals surface area (Å²) < 4.78 is 11.6. The van der Waals surface area contributed by atoms with Crippen LogP contribution < -0.4 is 10.5 Å². The minimum atomic E-state index is -0.305. The van der Waals surface area contributed by atoms with E-state index >= 15 is 0 Å². The Balaban J connectivity index is 1.59. The zero-order valence-corrected chi connectivity index (χ0v) is 19.5. The first-order valence-corrected chi connectivity index (χ1v) is 11.3. The topological polar surface area (TPSA) is 138 Å². The van der Waals surface area contributed by atoms with Gasteiger partial charge in [-0.1, -0.05) is 35.9 Å². The van der Waals surface area contributed by atoms with Crippen LogP contribution in [0.25, 0.3) is 11.1 Å². The summed E-state index contributed by atoms with van der Waals surface area (Å²) >= 11 is 5.94. The van der Waals surface area contributed by atoms with E-state index in [4.69, 9.17) is 31.9 Å². The number of aliphatic hydroxyl groups is 1. The Labute approximate surface area is 207 Å². The third-order valence-corrected chi connectivity index (χ3v) is 5.75. The van der Waals surface area contributed by atoms with Crippen LogP contribution in [0.1, 0.15) is 28.7 Å². The van der Waals surface area contributed by atoms with Crippen molar-refractivity contribution in [2.75, 3.05) is 25.6 Å². The normalized spacial score (nSPS) is 14.5. The molecule has 0 bridgehead atoms. The maximum Gasteiger partial charge on any atom is 0.234 e. The lowest BCUT2D eigenvalue weighted by Gasteiger charge is -2.15. The van der Waals surface area contributed by atoms with Gasteiger partial charge in [0.25, 0.3) is 0 Å². The van der Waals surface area contributed by atoms with Gasteiger partial charge in [-0.15, -0.1) is 0 Å². The number of rotatable bonds is 8. The highest BCUT2D eigenvalue weighted by molar-refractivity contribution is 6.30. The van der Waals surface area contributed by atoms with Crippen molar-refractivity contribution in [3.63, 3.8) is 0 Å². The predicted molar refractivity (Wildman–Crippen MR) is 132 cm³/mol. The standard InChI is InChI=1S/C26H22ClN5O3/c27-19-9-7-18(8-10-19)25-31-20(14-34-25)15-35-26-22(13-29)23(21(12-28)24(30)32-26)17-5-3-16(4-6-17)2-1-11-33/h3-10,20,33H,1-2,11,14-15H2,(H2,30,32). The van der Waals surface area contributed by atoms with E-state index in [9.17, 15) is 10.5 Å². The van der Waals surface area contributed by atoms with Crippen LogP contribution >= 0.6 is 11.6 Å². The van der Waals surface area contributed by atoms with Crippen LogP contribution in [-0.2, 0) is 11.2 Å². The van der Waals surface area contributed by atoms with Crippen LogP contribution in [0.5, 0.6) is 5.88 Å². The molecule has 1 unspecified atom stereocenters. The molecule has 176 valence electrons.